The van der Waals surface area contributed by atoms with Gasteiger partial charge in [-0.25, -0.2) is 9.67 Å². The van der Waals surface area contributed by atoms with Crippen LogP contribution in [0.1, 0.15) is 18.9 Å². The van der Waals surface area contributed by atoms with Gasteiger partial charge in [-0.1, -0.05) is 30.3 Å². The molecule has 1 aliphatic carbocycles. The van der Waals surface area contributed by atoms with E-state index in [1.54, 1.807) is 21.9 Å². The van der Waals surface area contributed by atoms with E-state index in [0.717, 1.165) is 48.5 Å². The molecule has 6 rings (SSSR count). The first kappa shape index (κ1) is 17.5. The van der Waals surface area contributed by atoms with Crippen molar-refractivity contribution in [2.75, 3.05) is 18.0 Å². The van der Waals surface area contributed by atoms with Gasteiger partial charge in [0.2, 0.25) is 5.65 Å². The summed E-state index contributed by atoms with van der Waals surface area (Å²) in [7, 11) is 0. The summed E-state index contributed by atoms with van der Waals surface area (Å²) in [5, 5.41) is 28.1. The average Bonchev–Trinajstić information content (AvgIpc) is 3.52. The Morgan fingerprint density at radius 2 is 1.83 bits per heavy atom. The predicted molar refractivity (Wildman–Crippen MR) is 110 cm³/mol. The fourth-order valence-corrected chi connectivity index (χ4v) is 5.07. The average molecular weight is 402 g/mol. The lowest BCUT2D eigenvalue weighted by atomic mass is 9.77. The van der Waals surface area contributed by atoms with Gasteiger partial charge in [0.1, 0.15) is 19.0 Å². The molecule has 9 nitrogen and oxygen atoms in total. The van der Waals surface area contributed by atoms with Crippen molar-refractivity contribution in [3.63, 3.8) is 0 Å². The summed E-state index contributed by atoms with van der Waals surface area (Å²) in [4.78, 5) is 6.43. The molecule has 152 valence electrons. The highest BCUT2D eigenvalue weighted by Crippen LogP contribution is 2.43. The van der Waals surface area contributed by atoms with Crippen LogP contribution in [-0.2, 0) is 0 Å². The molecule has 0 spiro atoms. The molecule has 4 atom stereocenters. The van der Waals surface area contributed by atoms with E-state index in [0.29, 0.717) is 11.8 Å². The maximum Gasteiger partial charge on any atom is 0.200 e. The number of benzene rings is 1. The van der Waals surface area contributed by atoms with Crippen LogP contribution in [0.5, 0.6) is 0 Å². The van der Waals surface area contributed by atoms with E-state index in [1.165, 1.54) is 6.33 Å². The van der Waals surface area contributed by atoms with Gasteiger partial charge in [0.25, 0.3) is 0 Å². The van der Waals surface area contributed by atoms with Gasteiger partial charge in [-0.15, -0.1) is 10.2 Å². The van der Waals surface area contributed by atoms with Crippen molar-refractivity contribution in [1.82, 2.24) is 34.6 Å². The second-order valence-electron chi connectivity index (χ2n) is 8.29. The minimum atomic E-state index is -0.404. The van der Waals surface area contributed by atoms with E-state index >= 15 is 0 Å². The number of aliphatic hydroxyl groups is 1. The molecular formula is C21H22N8O. The van der Waals surface area contributed by atoms with Crippen LogP contribution in [0.2, 0.25) is 0 Å². The smallest absolute Gasteiger partial charge is 0.200 e. The summed E-state index contributed by atoms with van der Waals surface area (Å²) in [5.74, 6) is 0.926. The van der Waals surface area contributed by atoms with Gasteiger partial charge in [0.05, 0.1) is 23.5 Å². The zero-order chi connectivity index (χ0) is 20.1. The van der Waals surface area contributed by atoms with Crippen molar-refractivity contribution >= 4 is 11.3 Å². The lowest BCUT2D eigenvalue weighted by Gasteiger charge is -2.34. The van der Waals surface area contributed by atoms with Crippen LogP contribution >= 0.6 is 0 Å². The number of hydrogen-bond acceptors (Lipinski definition) is 7. The maximum atomic E-state index is 10.7. The Hall–Kier alpha value is -3.33. The standard InChI is InChI=1S/C21H22N8O/c30-20-7-16-10-27(9-15(16)6-18(20)28-12-22-11-24-28)19-8-17(14-4-2-1-3-5-14)26-29-13-23-25-21(19)29/h1-5,8,11-13,15-16,18,20,30H,6-7,9-10H2/t15-,16+,18-,20-/m1/s1. The number of rotatable bonds is 3. The van der Waals surface area contributed by atoms with Crippen molar-refractivity contribution in [3.8, 4) is 11.3 Å². The zero-order valence-electron chi connectivity index (χ0n) is 16.4. The Balaban J connectivity index is 1.33. The third-order valence-corrected chi connectivity index (χ3v) is 6.54. The molecule has 30 heavy (non-hydrogen) atoms. The fraction of sp³-hybridized carbons (Fsp3) is 0.381. The van der Waals surface area contributed by atoms with Crippen molar-refractivity contribution in [2.24, 2.45) is 11.8 Å². The molecule has 1 saturated heterocycles. The van der Waals surface area contributed by atoms with Crippen LogP contribution in [0.15, 0.2) is 55.4 Å². The molecular weight excluding hydrogens is 380 g/mol. The Bertz CT molecular complexity index is 1160. The molecule has 2 fully saturated rings. The van der Waals surface area contributed by atoms with Gasteiger partial charge in [0.15, 0.2) is 0 Å². The quantitative estimate of drug-likeness (QED) is 0.558. The molecule has 1 aromatic carbocycles. The van der Waals surface area contributed by atoms with Crippen LogP contribution < -0.4 is 4.90 Å². The SMILES string of the molecule is O[C@@H]1C[C@H]2CN(c3cc(-c4ccccc4)nn4cnnc34)C[C@H]2C[C@H]1n1cncn1. The van der Waals surface area contributed by atoms with Gasteiger partial charge in [-0.3, -0.25) is 0 Å². The molecule has 4 aromatic rings. The van der Waals surface area contributed by atoms with Gasteiger partial charge >= 0.3 is 0 Å². The molecule has 3 aromatic heterocycles. The van der Waals surface area contributed by atoms with Gasteiger partial charge in [-0.05, 0) is 30.7 Å². The third kappa shape index (κ3) is 2.85. The van der Waals surface area contributed by atoms with Crippen molar-refractivity contribution < 1.29 is 5.11 Å². The normalized spacial score (nSPS) is 26.2. The molecule has 1 aliphatic heterocycles. The molecule has 2 aliphatic rings. The van der Waals surface area contributed by atoms with Crippen LogP contribution in [-0.4, -0.2) is 58.9 Å². The van der Waals surface area contributed by atoms with Crippen LogP contribution in [0.4, 0.5) is 5.69 Å². The molecule has 0 unspecified atom stereocenters. The Labute approximate surface area is 173 Å². The van der Waals surface area contributed by atoms with Crippen LogP contribution in [0, 0.1) is 11.8 Å². The molecule has 9 heteroatoms. The van der Waals surface area contributed by atoms with Crippen molar-refractivity contribution in [1.29, 1.82) is 0 Å². The Morgan fingerprint density at radius 1 is 1.00 bits per heavy atom. The van der Waals surface area contributed by atoms with Crippen molar-refractivity contribution in [3.05, 3.63) is 55.4 Å². The fourth-order valence-electron chi connectivity index (χ4n) is 5.07. The number of fused-ring (bicyclic) bond motifs is 2. The largest absolute Gasteiger partial charge is 0.391 e. The monoisotopic (exact) mass is 402 g/mol. The highest BCUT2D eigenvalue weighted by Gasteiger charge is 2.43. The molecule has 4 heterocycles. The molecule has 0 amide bonds. The minimum absolute atomic E-state index is 0.0147. The summed E-state index contributed by atoms with van der Waals surface area (Å²) in [5.41, 5.74) is 3.77. The van der Waals surface area contributed by atoms with Gasteiger partial charge in [-0.2, -0.15) is 14.7 Å². The summed E-state index contributed by atoms with van der Waals surface area (Å²) in [6.07, 6.45) is 6.15. The summed E-state index contributed by atoms with van der Waals surface area (Å²) in [6.45, 7) is 1.82. The first-order valence-corrected chi connectivity index (χ1v) is 10.3. The third-order valence-electron chi connectivity index (χ3n) is 6.54. The Kier molecular flexibility index (Phi) is 4.02. The first-order valence-electron chi connectivity index (χ1n) is 10.3. The van der Waals surface area contributed by atoms with Gasteiger partial charge < -0.3 is 10.0 Å². The van der Waals surface area contributed by atoms with E-state index in [2.05, 4.69) is 43.4 Å². The molecule has 1 N–H and O–H groups in total. The highest BCUT2D eigenvalue weighted by molar-refractivity contribution is 5.74. The molecule has 1 saturated carbocycles. The van der Waals surface area contributed by atoms with E-state index in [9.17, 15) is 5.11 Å². The highest BCUT2D eigenvalue weighted by atomic mass is 16.3. The molecule has 0 radical (unpaired) electrons. The lowest BCUT2D eigenvalue weighted by molar-refractivity contribution is 0.0305. The number of nitrogens with zero attached hydrogens (tertiary/aromatic N) is 8. The van der Waals surface area contributed by atoms with E-state index in [4.69, 9.17) is 5.10 Å². The second-order valence-corrected chi connectivity index (χ2v) is 8.29. The lowest BCUT2D eigenvalue weighted by Crippen LogP contribution is -2.36. The summed E-state index contributed by atoms with van der Waals surface area (Å²) >= 11 is 0. The minimum Gasteiger partial charge on any atom is -0.391 e. The molecule has 0 bridgehead atoms. The first-order chi connectivity index (χ1) is 14.8. The topological polar surface area (TPSA) is 97.3 Å². The van der Waals surface area contributed by atoms with E-state index < -0.39 is 6.10 Å². The maximum absolute atomic E-state index is 10.7. The van der Waals surface area contributed by atoms with Gasteiger partial charge in [0, 0.05) is 18.7 Å². The number of hydrogen-bond donors (Lipinski definition) is 1. The number of aliphatic hydroxyl groups excluding tert-OH is 1. The predicted octanol–water partition coefficient (Wildman–Crippen LogP) is 1.83. The summed E-state index contributed by atoms with van der Waals surface area (Å²) in [6, 6.07) is 12.3. The Morgan fingerprint density at radius 3 is 2.63 bits per heavy atom. The van der Waals surface area contributed by atoms with E-state index in [1.807, 2.05) is 18.2 Å². The number of anilines is 1. The number of aromatic nitrogens is 7. The van der Waals surface area contributed by atoms with Crippen LogP contribution in [0.25, 0.3) is 16.9 Å². The summed E-state index contributed by atoms with van der Waals surface area (Å²) < 4.78 is 3.56. The van der Waals surface area contributed by atoms with Crippen molar-refractivity contribution in [2.45, 2.75) is 25.0 Å². The van der Waals surface area contributed by atoms with Crippen LogP contribution in [0.3, 0.4) is 0 Å². The second kappa shape index (κ2) is 6.88. The zero-order valence-corrected chi connectivity index (χ0v) is 16.4. The van der Waals surface area contributed by atoms with E-state index in [-0.39, 0.29) is 6.04 Å².